The summed E-state index contributed by atoms with van der Waals surface area (Å²) in [5, 5.41) is 5.91. The Bertz CT molecular complexity index is 855. The molecule has 0 bridgehead atoms. The van der Waals surface area contributed by atoms with Crippen molar-refractivity contribution in [3.8, 4) is 0 Å². The van der Waals surface area contributed by atoms with Gasteiger partial charge < -0.3 is 15.4 Å². The lowest BCUT2D eigenvalue weighted by Gasteiger charge is -2.13. The third kappa shape index (κ3) is 6.39. The van der Waals surface area contributed by atoms with Gasteiger partial charge in [0.2, 0.25) is 0 Å². The van der Waals surface area contributed by atoms with Crippen LogP contribution in [0, 0.1) is 20.8 Å². The van der Waals surface area contributed by atoms with Crippen LogP contribution in [0.25, 0.3) is 0 Å². The van der Waals surface area contributed by atoms with Gasteiger partial charge in [-0.05, 0) is 56.2 Å². The molecule has 0 aliphatic heterocycles. The van der Waals surface area contributed by atoms with E-state index < -0.39 is 11.9 Å². The van der Waals surface area contributed by atoms with Crippen LogP contribution in [-0.4, -0.2) is 30.9 Å². The molecule has 0 atom stereocenters. The predicted molar refractivity (Wildman–Crippen MR) is 109 cm³/mol. The SMILES string of the molecule is Cc1cc(C)c(NC(=O)COC(=O)CCNC(=O)c2ccc(Cl)cc2)c(C)c1. The molecule has 0 unspecified atom stereocenters. The van der Waals surface area contributed by atoms with E-state index in [-0.39, 0.29) is 25.5 Å². The molecule has 0 fully saturated rings. The van der Waals surface area contributed by atoms with Crippen molar-refractivity contribution in [1.29, 1.82) is 0 Å². The zero-order valence-electron chi connectivity index (χ0n) is 16.1. The number of ether oxygens (including phenoxy) is 1. The fourth-order valence-corrected chi connectivity index (χ4v) is 2.88. The first-order valence-electron chi connectivity index (χ1n) is 8.83. The number of benzene rings is 2. The second-order valence-corrected chi connectivity index (χ2v) is 6.93. The highest BCUT2D eigenvalue weighted by molar-refractivity contribution is 6.30. The molecule has 2 aromatic rings. The summed E-state index contributed by atoms with van der Waals surface area (Å²) in [6, 6.07) is 10.3. The van der Waals surface area contributed by atoms with Gasteiger partial charge in [-0.15, -0.1) is 0 Å². The molecular formula is C21H23ClN2O4. The van der Waals surface area contributed by atoms with Gasteiger partial charge in [0.1, 0.15) is 0 Å². The van der Waals surface area contributed by atoms with Crippen LogP contribution in [0.5, 0.6) is 0 Å². The molecule has 0 spiro atoms. The lowest BCUT2D eigenvalue weighted by atomic mass is 10.1. The Hall–Kier alpha value is -2.86. The summed E-state index contributed by atoms with van der Waals surface area (Å²) in [5.74, 6) is -1.29. The molecule has 7 heteroatoms. The normalized spacial score (nSPS) is 10.3. The van der Waals surface area contributed by atoms with E-state index in [0.717, 1.165) is 22.4 Å². The Labute approximate surface area is 169 Å². The van der Waals surface area contributed by atoms with E-state index in [0.29, 0.717) is 10.6 Å². The minimum Gasteiger partial charge on any atom is -0.456 e. The zero-order valence-corrected chi connectivity index (χ0v) is 16.9. The van der Waals surface area contributed by atoms with E-state index in [1.165, 1.54) is 0 Å². The summed E-state index contributed by atoms with van der Waals surface area (Å²) in [7, 11) is 0. The minimum atomic E-state index is -0.566. The number of amides is 2. The fraction of sp³-hybridized carbons (Fsp3) is 0.286. The van der Waals surface area contributed by atoms with Crippen molar-refractivity contribution in [1.82, 2.24) is 5.32 Å². The summed E-state index contributed by atoms with van der Waals surface area (Å²) < 4.78 is 4.96. The minimum absolute atomic E-state index is 0.0325. The number of aryl methyl sites for hydroxylation is 3. The molecule has 0 heterocycles. The van der Waals surface area contributed by atoms with Gasteiger partial charge in [0.05, 0.1) is 6.42 Å². The van der Waals surface area contributed by atoms with Crippen molar-refractivity contribution in [3.05, 3.63) is 63.7 Å². The molecule has 0 aromatic heterocycles. The number of hydrogen-bond donors (Lipinski definition) is 2. The molecule has 0 aliphatic carbocycles. The fourth-order valence-electron chi connectivity index (χ4n) is 2.75. The van der Waals surface area contributed by atoms with Gasteiger partial charge >= 0.3 is 5.97 Å². The zero-order chi connectivity index (χ0) is 20.7. The van der Waals surface area contributed by atoms with Crippen LogP contribution >= 0.6 is 11.6 Å². The van der Waals surface area contributed by atoms with Gasteiger partial charge in [-0.3, -0.25) is 14.4 Å². The molecule has 2 amide bonds. The quantitative estimate of drug-likeness (QED) is 0.693. The van der Waals surface area contributed by atoms with Crippen molar-refractivity contribution >= 4 is 35.1 Å². The van der Waals surface area contributed by atoms with Crippen molar-refractivity contribution in [2.75, 3.05) is 18.5 Å². The summed E-state index contributed by atoms with van der Waals surface area (Å²) in [5.41, 5.74) is 4.17. The Morgan fingerprint density at radius 2 is 1.61 bits per heavy atom. The maximum Gasteiger partial charge on any atom is 0.308 e. The average molecular weight is 403 g/mol. The number of rotatable bonds is 7. The van der Waals surface area contributed by atoms with E-state index in [2.05, 4.69) is 10.6 Å². The topological polar surface area (TPSA) is 84.5 Å². The maximum atomic E-state index is 12.0. The predicted octanol–water partition coefficient (Wildman–Crippen LogP) is 3.57. The highest BCUT2D eigenvalue weighted by atomic mass is 35.5. The van der Waals surface area contributed by atoms with Gasteiger partial charge in [0, 0.05) is 22.8 Å². The summed E-state index contributed by atoms with van der Waals surface area (Å²) in [6.07, 6.45) is -0.0325. The van der Waals surface area contributed by atoms with Gasteiger partial charge in [-0.2, -0.15) is 0 Å². The highest BCUT2D eigenvalue weighted by Crippen LogP contribution is 2.21. The monoisotopic (exact) mass is 402 g/mol. The second-order valence-electron chi connectivity index (χ2n) is 6.50. The third-order valence-electron chi connectivity index (χ3n) is 4.03. The number of esters is 1. The van der Waals surface area contributed by atoms with Gasteiger partial charge in [0.25, 0.3) is 11.8 Å². The summed E-state index contributed by atoms with van der Waals surface area (Å²) >= 11 is 5.77. The number of hydrogen-bond acceptors (Lipinski definition) is 4. The van der Waals surface area contributed by atoms with Gasteiger partial charge in [-0.25, -0.2) is 0 Å². The van der Waals surface area contributed by atoms with E-state index in [1.54, 1.807) is 24.3 Å². The number of nitrogens with one attached hydrogen (secondary N) is 2. The molecular weight excluding hydrogens is 380 g/mol. The lowest BCUT2D eigenvalue weighted by molar-refractivity contribution is -0.147. The second kappa shape index (κ2) is 9.90. The van der Waals surface area contributed by atoms with Crippen molar-refractivity contribution in [2.45, 2.75) is 27.2 Å². The molecule has 0 aliphatic rings. The van der Waals surface area contributed by atoms with Crippen molar-refractivity contribution in [3.63, 3.8) is 0 Å². The largest absolute Gasteiger partial charge is 0.456 e. The van der Waals surface area contributed by atoms with E-state index in [4.69, 9.17) is 16.3 Å². The van der Waals surface area contributed by atoms with Crippen LogP contribution in [0.3, 0.4) is 0 Å². The van der Waals surface area contributed by atoms with E-state index in [1.807, 2.05) is 32.9 Å². The first kappa shape index (κ1) is 21.4. The molecule has 28 heavy (non-hydrogen) atoms. The van der Waals surface area contributed by atoms with Gasteiger partial charge in [0.15, 0.2) is 6.61 Å². The summed E-state index contributed by atoms with van der Waals surface area (Å²) in [6.45, 7) is 5.53. The van der Waals surface area contributed by atoms with Crippen LogP contribution < -0.4 is 10.6 Å². The number of carbonyl (C=O) groups excluding carboxylic acids is 3. The Morgan fingerprint density at radius 3 is 2.21 bits per heavy atom. The van der Waals surface area contributed by atoms with Gasteiger partial charge in [-0.1, -0.05) is 29.3 Å². The van der Waals surface area contributed by atoms with Crippen LogP contribution in [0.1, 0.15) is 33.5 Å². The highest BCUT2D eigenvalue weighted by Gasteiger charge is 2.12. The van der Waals surface area contributed by atoms with Crippen molar-refractivity contribution < 1.29 is 19.1 Å². The summed E-state index contributed by atoms with van der Waals surface area (Å²) in [4.78, 5) is 35.7. The van der Waals surface area contributed by atoms with Crippen molar-refractivity contribution in [2.24, 2.45) is 0 Å². The Kier molecular flexibility index (Phi) is 7.58. The standard InChI is InChI=1S/C21H23ClN2O4/c1-13-10-14(2)20(15(3)11-13)24-18(25)12-28-19(26)8-9-23-21(27)16-4-6-17(22)7-5-16/h4-7,10-11H,8-9,12H2,1-3H3,(H,23,27)(H,24,25). The first-order valence-corrected chi connectivity index (χ1v) is 9.21. The van der Waals surface area contributed by atoms with Crippen LogP contribution in [0.15, 0.2) is 36.4 Å². The van der Waals surface area contributed by atoms with Crippen LogP contribution in [-0.2, 0) is 14.3 Å². The van der Waals surface area contributed by atoms with Crippen LogP contribution in [0.2, 0.25) is 5.02 Å². The molecule has 2 rings (SSSR count). The third-order valence-corrected chi connectivity index (χ3v) is 4.28. The molecule has 0 saturated heterocycles. The molecule has 0 saturated carbocycles. The first-order chi connectivity index (χ1) is 13.3. The van der Waals surface area contributed by atoms with Crippen LogP contribution in [0.4, 0.5) is 5.69 Å². The van der Waals surface area contributed by atoms with E-state index in [9.17, 15) is 14.4 Å². The Morgan fingerprint density at radius 1 is 1.00 bits per heavy atom. The molecule has 148 valence electrons. The van der Waals surface area contributed by atoms with E-state index >= 15 is 0 Å². The molecule has 2 N–H and O–H groups in total. The maximum absolute atomic E-state index is 12.0. The number of halogens is 1. The number of anilines is 1. The smallest absolute Gasteiger partial charge is 0.308 e. The molecule has 0 radical (unpaired) electrons. The lowest BCUT2D eigenvalue weighted by Crippen LogP contribution is -2.27. The Balaban J connectivity index is 1.73. The molecule has 2 aromatic carbocycles. The molecule has 6 nitrogen and oxygen atoms in total. The number of carbonyl (C=O) groups is 3. The average Bonchev–Trinajstić information content (AvgIpc) is 2.63.